The van der Waals surface area contributed by atoms with Crippen molar-refractivity contribution >= 4 is 34.3 Å². The van der Waals surface area contributed by atoms with E-state index in [4.69, 9.17) is 34.8 Å². The highest BCUT2D eigenvalue weighted by Gasteiger charge is 2.46. The molecule has 5 rings (SSSR count). The first kappa shape index (κ1) is 21.8. The number of aryl methyl sites for hydroxylation is 1. The lowest BCUT2D eigenvalue weighted by atomic mass is 9.97. The van der Waals surface area contributed by atoms with Crippen molar-refractivity contribution in [2.24, 2.45) is 0 Å². The first-order valence-corrected chi connectivity index (χ1v) is 10.6. The molecule has 0 spiro atoms. The lowest BCUT2D eigenvalue weighted by Gasteiger charge is -2.25. The van der Waals surface area contributed by atoms with E-state index in [9.17, 15) is 9.59 Å². The second-order valence-electron chi connectivity index (χ2n) is 7.61. The van der Waals surface area contributed by atoms with Crippen molar-refractivity contribution < 1.29 is 27.9 Å². The Balaban J connectivity index is 1.86. The lowest BCUT2D eigenvalue weighted by Crippen LogP contribution is -2.30. The van der Waals surface area contributed by atoms with Crippen molar-refractivity contribution in [3.05, 3.63) is 74.3 Å². The zero-order valence-electron chi connectivity index (χ0n) is 18.7. The van der Waals surface area contributed by atoms with Gasteiger partial charge >= 0.3 is 0 Å². The summed E-state index contributed by atoms with van der Waals surface area (Å²) in [5.74, 6) is 1.11. The van der Waals surface area contributed by atoms with Crippen LogP contribution in [0.5, 0.6) is 17.2 Å². The van der Waals surface area contributed by atoms with Gasteiger partial charge in [0, 0.05) is 16.7 Å². The number of fused-ring (bicyclic) bond motifs is 2. The number of halogens is 1. The van der Waals surface area contributed by atoms with Crippen molar-refractivity contribution in [3.63, 3.8) is 0 Å². The van der Waals surface area contributed by atoms with Gasteiger partial charge in [0.2, 0.25) is 11.5 Å². The number of benzene rings is 2. The van der Waals surface area contributed by atoms with Crippen LogP contribution < -0.4 is 24.5 Å². The summed E-state index contributed by atoms with van der Waals surface area (Å²) in [6.45, 7) is 1.70. The second-order valence-corrected chi connectivity index (χ2v) is 8.05. The maximum absolute atomic E-state index is 13.7. The zero-order valence-corrected chi connectivity index (χ0v) is 19.4. The number of hydrogen-bond donors (Lipinski definition) is 0. The van der Waals surface area contributed by atoms with Crippen LogP contribution >= 0.6 is 11.6 Å². The molecule has 0 saturated carbocycles. The van der Waals surface area contributed by atoms with Crippen molar-refractivity contribution in [3.8, 4) is 17.2 Å². The summed E-state index contributed by atoms with van der Waals surface area (Å²) >= 11 is 6.14. The van der Waals surface area contributed by atoms with Gasteiger partial charge in [0.05, 0.1) is 32.3 Å². The predicted molar refractivity (Wildman–Crippen MR) is 123 cm³/mol. The van der Waals surface area contributed by atoms with Gasteiger partial charge in [-0.1, -0.05) is 16.8 Å². The van der Waals surface area contributed by atoms with Gasteiger partial charge in [-0.3, -0.25) is 14.5 Å². The molecular weight excluding hydrogens is 464 g/mol. The van der Waals surface area contributed by atoms with Gasteiger partial charge in [0.1, 0.15) is 17.4 Å². The van der Waals surface area contributed by atoms with Gasteiger partial charge in [-0.25, -0.2) is 0 Å². The molecular formula is C24H19ClN2O7. The minimum absolute atomic E-state index is 0.0951. The Kier molecular flexibility index (Phi) is 5.21. The number of rotatable bonds is 5. The predicted octanol–water partition coefficient (Wildman–Crippen LogP) is 4.52. The van der Waals surface area contributed by atoms with Gasteiger partial charge in [-0.15, -0.1) is 0 Å². The summed E-state index contributed by atoms with van der Waals surface area (Å²) in [7, 11) is 4.44. The number of carbonyl (C=O) groups excluding carboxylic acids is 1. The highest BCUT2D eigenvalue weighted by molar-refractivity contribution is 6.31. The van der Waals surface area contributed by atoms with Crippen LogP contribution in [0.3, 0.4) is 0 Å². The minimum Gasteiger partial charge on any atom is -0.493 e. The van der Waals surface area contributed by atoms with Gasteiger partial charge in [0.15, 0.2) is 22.7 Å². The second kappa shape index (κ2) is 8.11. The Morgan fingerprint density at radius 3 is 2.41 bits per heavy atom. The molecule has 9 nitrogen and oxygen atoms in total. The summed E-state index contributed by atoms with van der Waals surface area (Å²) in [5, 5.41) is 4.64. The van der Waals surface area contributed by atoms with Gasteiger partial charge in [0.25, 0.3) is 5.91 Å². The van der Waals surface area contributed by atoms with E-state index in [2.05, 4.69) is 5.16 Å². The monoisotopic (exact) mass is 482 g/mol. The first-order valence-electron chi connectivity index (χ1n) is 10.2. The largest absolute Gasteiger partial charge is 0.493 e. The Morgan fingerprint density at radius 2 is 1.76 bits per heavy atom. The molecule has 0 saturated heterocycles. The van der Waals surface area contributed by atoms with Crippen LogP contribution in [-0.2, 0) is 0 Å². The number of hydrogen-bond acceptors (Lipinski definition) is 8. The van der Waals surface area contributed by atoms with Crippen LogP contribution in [0.4, 0.5) is 5.82 Å². The van der Waals surface area contributed by atoms with Gasteiger partial charge in [-0.05, 0) is 37.3 Å². The van der Waals surface area contributed by atoms with E-state index in [0.717, 1.165) is 0 Å². The van der Waals surface area contributed by atoms with Gasteiger partial charge < -0.3 is 23.2 Å². The molecule has 0 aliphatic carbocycles. The van der Waals surface area contributed by atoms with E-state index in [-0.39, 0.29) is 28.1 Å². The first-order chi connectivity index (χ1) is 16.4. The number of amides is 1. The number of aromatic nitrogens is 1. The number of carbonyl (C=O) groups is 1. The van der Waals surface area contributed by atoms with Crippen LogP contribution in [-0.4, -0.2) is 32.4 Å². The highest BCUT2D eigenvalue weighted by Crippen LogP contribution is 2.49. The van der Waals surface area contributed by atoms with E-state index in [1.165, 1.54) is 32.3 Å². The highest BCUT2D eigenvalue weighted by atomic mass is 35.5. The Hall–Kier alpha value is -3.98. The molecule has 10 heteroatoms. The molecule has 0 N–H and O–H groups in total. The van der Waals surface area contributed by atoms with E-state index in [1.54, 1.807) is 37.3 Å². The fraction of sp³-hybridized carbons (Fsp3) is 0.208. The third-order valence-corrected chi connectivity index (χ3v) is 5.96. The molecule has 1 atom stereocenters. The average Bonchev–Trinajstić information content (AvgIpc) is 3.39. The molecule has 3 heterocycles. The molecule has 0 fully saturated rings. The van der Waals surface area contributed by atoms with Crippen molar-refractivity contribution in [1.29, 1.82) is 0 Å². The van der Waals surface area contributed by atoms with Crippen LogP contribution in [0.15, 0.2) is 50.1 Å². The Morgan fingerprint density at radius 1 is 1.00 bits per heavy atom. The quantitative estimate of drug-likeness (QED) is 0.409. The SMILES string of the molecule is COc1ccc([C@@H]2c3c(oc4ccc(Cl)cc4c3=O)C(=O)N2c2cc(C)on2)c(OC)c1OC. The third kappa shape index (κ3) is 3.12. The zero-order chi connectivity index (χ0) is 24.1. The third-order valence-electron chi connectivity index (χ3n) is 5.72. The van der Waals surface area contributed by atoms with Crippen LogP contribution in [0, 0.1) is 6.92 Å². The van der Waals surface area contributed by atoms with E-state index >= 15 is 0 Å². The maximum Gasteiger partial charge on any atom is 0.296 e. The van der Waals surface area contributed by atoms with Crippen molar-refractivity contribution in [1.82, 2.24) is 5.16 Å². The number of methoxy groups -OCH3 is 3. The smallest absolute Gasteiger partial charge is 0.296 e. The standard InChI is InChI=1S/C24H19ClN2O7/c1-11-9-17(26-34-11)27-19(13-6-8-16(30-2)22(32-4)21(13)31-3)18-20(28)14-10-12(25)5-7-15(14)33-23(18)24(27)29/h5-10,19H,1-4H3/t19-/m1/s1. The summed E-state index contributed by atoms with van der Waals surface area (Å²) < 4.78 is 27.7. The molecule has 174 valence electrons. The fourth-order valence-electron chi connectivity index (χ4n) is 4.28. The molecule has 0 radical (unpaired) electrons. The molecule has 2 aromatic carbocycles. The maximum atomic E-state index is 13.7. The number of ether oxygens (including phenoxy) is 3. The van der Waals surface area contributed by atoms with Crippen molar-refractivity contribution in [2.75, 3.05) is 26.2 Å². The Labute approximate surface area is 198 Å². The number of anilines is 1. The molecule has 34 heavy (non-hydrogen) atoms. The van der Waals surface area contributed by atoms with Crippen LogP contribution in [0.2, 0.25) is 5.02 Å². The van der Waals surface area contributed by atoms with Crippen LogP contribution in [0.25, 0.3) is 11.0 Å². The average molecular weight is 483 g/mol. The van der Waals surface area contributed by atoms with Crippen LogP contribution in [0.1, 0.15) is 33.5 Å². The minimum atomic E-state index is -0.943. The summed E-state index contributed by atoms with van der Waals surface area (Å²) in [4.78, 5) is 28.7. The molecule has 4 aromatic rings. The normalized spacial score (nSPS) is 15.0. The molecule has 1 amide bonds. The lowest BCUT2D eigenvalue weighted by molar-refractivity contribution is 0.0969. The van der Waals surface area contributed by atoms with Crippen molar-refractivity contribution in [2.45, 2.75) is 13.0 Å². The fourth-order valence-corrected chi connectivity index (χ4v) is 4.45. The molecule has 0 unspecified atom stereocenters. The summed E-state index contributed by atoms with van der Waals surface area (Å²) in [6, 6.07) is 8.69. The summed E-state index contributed by atoms with van der Waals surface area (Å²) in [5.41, 5.74) is 0.460. The molecule has 2 aromatic heterocycles. The molecule has 1 aliphatic heterocycles. The Bertz CT molecular complexity index is 1510. The molecule has 0 bridgehead atoms. The van der Waals surface area contributed by atoms with E-state index < -0.39 is 17.4 Å². The number of nitrogens with zero attached hydrogens (tertiary/aromatic N) is 2. The summed E-state index contributed by atoms with van der Waals surface area (Å²) in [6.07, 6.45) is 0. The van der Waals surface area contributed by atoms with E-state index in [0.29, 0.717) is 33.6 Å². The van der Waals surface area contributed by atoms with E-state index in [1.807, 2.05) is 0 Å². The molecule has 1 aliphatic rings. The topological polar surface area (TPSA) is 104 Å². The van der Waals surface area contributed by atoms with Gasteiger partial charge in [-0.2, -0.15) is 0 Å².